The van der Waals surface area contributed by atoms with Crippen LogP contribution in [0.25, 0.3) is 22.2 Å². The molecule has 2 heterocycles. The Kier molecular flexibility index (Phi) is 5.31. The van der Waals surface area contributed by atoms with Crippen molar-refractivity contribution in [1.29, 1.82) is 0 Å². The number of alkyl halides is 3. The summed E-state index contributed by atoms with van der Waals surface area (Å²) in [6, 6.07) is 13.7. The fraction of sp³-hybridized carbons (Fsp3) is 0.217. The van der Waals surface area contributed by atoms with Gasteiger partial charge in [0.1, 0.15) is 16.7 Å². The number of carbonyl (C=O) groups is 1. The third-order valence-corrected chi connectivity index (χ3v) is 5.24. The average Bonchev–Trinajstić information content (AvgIpc) is 3.22. The number of aryl methyl sites for hydroxylation is 1. The smallest absolute Gasteiger partial charge is 0.294 e. The van der Waals surface area contributed by atoms with Gasteiger partial charge >= 0.3 is 6.18 Å². The van der Waals surface area contributed by atoms with Crippen LogP contribution < -0.4 is 0 Å². The van der Waals surface area contributed by atoms with Crippen molar-refractivity contribution in [3.63, 3.8) is 0 Å². The van der Waals surface area contributed by atoms with Gasteiger partial charge in [-0.1, -0.05) is 42.8 Å². The monoisotopic (exact) mass is 424 g/mol. The lowest BCUT2D eigenvalue weighted by molar-refractivity contribution is -0.141. The summed E-state index contributed by atoms with van der Waals surface area (Å²) in [5.41, 5.74) is 4.16. The molecule has 0 aliphatic carbocycles. The lowest BCUT2D eigenvalue weighted by Crippen LogP contribution is -2.09. The number of Topliss-reactive ketones (excluding diaryl/α,β-unsaturated/α-hetero) is 1. The number of fused-ring (bicyclic) bond motifs is 1. The van der Waals surface area contributed by atoms with E-state index in [0.717, 1.165) is 22.8 Å². The van der Waals surface area contributed by atoms with Gasteiger partial charge < -0.3 is 0 Å². The van der Waals surface area contributed by atoms with Crippen molar-refractivity contribution in [2.24, 2.45) is 0 Å². The molecule has 0 radical (unpaired) electrons. The van der Waals surface area contributed by atoms with E-state index in [1.54, 1.807) is 19.1 Å². The van der Waals surface area contributed by atoms with Gasteiger partial charge in [0.05, 0.1) is 0 Å². The number of halogens is 3. The van der Waals surface area contributed by atoms with Crippen molar-refractivity contribution in [3.05, 3.63) is 77.1 Å². The number of hydrogen-bond acceptors (Lipinski definition) is 4. The predicted molar refractivity (Wildman–Crippen MR) is 111 cm³/mol. The molecule has 1 N–H and O–H groups in total. The maximum Gasteiger partial charge on any atom is 0.433 e. The van der Waals surface area contributed by atoms with Gasteiger partial charge in [-0.2, -0.15) is 28.6 Å². The van der Waals surface area contributed by atoms with Crippen molar-refractivity contribution >= 4 is 16.8 Å². The van der Waals surface area contributed by atoms with Crippen LogP contribution in [0.15, 0.2) is 54.7 Å². The van der Waals surface area contributed by atoms with Crippen LogP contribution in [0, 0.1) is 6.92 Å². The molecular weight excluding hydrogens is 405 g/mol. The van der Waals surface area contributed by atoms with E-state index in [0.29, 0.717) is 22.2 Å². The second-order valence-corrected chi connectivity index (χ2v) is 7.58. The second kappa shape index (κ2) is 7.94. The Morgan fingerprint density at radius 2 is 1.81 bits per heavy atom. The van der Waals surface area contributed by atoms with Crippen LogP contribution in [0.5, 0.6) is 0 Å². The number of rotatable bonds is 5. The molecule has 0 saturated heterocycles. The highest BCUT2D eigenvalue weighted by atomic mass is 19.4. The Hall–Kier alpha value is -3.55. The van der Waals surface area contributed by atoms with Crippen LogP contribution in [0.1, 0.15) is 46.4 Å². The summed E-state index contributed by atoms with van der Waals surface area (Å²) in [6.07, 6.45) is -3.18. The van der Waals surface area contributed by atoms with Crippen LogP contribution in [0.3, 0.4) is 0 Å². The normalized spacial score (nSPS) is 12.8. The second-order valence-electron chi connectivity index (χ2n) is 7.58. The highest BCUT2D eigenvalue weighted by Crippen LogP contribution is 2.31. The minimum Gasteiger partial charge on any atom is -0.294 e. The first-order valence-corrected chi connectivity index (χ1v) is 9.70. The zero-order valence-electron chi connectivity index (χ0n) is 16.9. The van der Waals surface area contributed by atoms with E-state index in [2.05, 4.69) is 20.4 Å². The van der Waals surface area contributed by atoms with E-state index >= 15 is 0 Å². The number of H-pyrrole nitrogens is 1. The molecule has 0 aliphatic heterocycles. The molecule has 0 fully saturated rings. The largest absolute Gasteiger partial charge is 0.433 e. The third kappa shape index (κ3) is 4.33. The molecule has 0 aliphatic rings. The van der Waals surface area contributed by atoms with Gasteiger partial charge in [-0.25, -0.2) is 0 Å². The summed E-state index contributed by atoms with van der Waals surface area (Å²) in [4.78, 5) is 16.5. The molecule has 2 aromatic carbocycles. The first-order valence-electron chi connectivity index (χ1n) is 9.70. The van der Waals surface area contributed by atoms with Crippen LogP contribution in [0.4, 0.5) is 13.2 Å². The van der Waals surface area contributed by atoms with Gasteiger partial charge in [0.25, 0.3) is 0 Å². The predicted octanol–water partition coefficient (Wildman–Crippen LogP) is 5.72. The lowest BCUT2D eigenvalue weighted by atomic mass is 9.92. The standard InChI is InChI=1S/C23H19F3N4O/c1-13-3-5-15(6-4-13)18-10-17(11-19-22(18)29-30-28-19)20(31)9-14(2)16-7-8-21(27-12-16)23(24,25)26/h3-8,10-12,14H,9H2,1-2H3,(H,28,29,30)/t14-/m0/s1. The maximum absolute atomic E-state index is 13.0. The molecule has 31 heavy (non-hydrogen) atoms. The van der Waals surface area contributed by atoms with E-state index in [1.807, 2.05) is 31.2 Å². The van der Waals surface area contributed by atoms with E-state index in [-0.39, 0.29) is 18.1 Å². The van der Waals surface area contributed by atoms with Gasteiger partial charge in [-0.05, 0) is 42.2 Å². The fourth-order valence-electron chi connectivity index (χ4n) is 3.44. The first kappa shape index (κ1) is 20.7. The van der Waals surface area contributed by atoms with E-state index in [4.69, 9.17) is 0 Å². The summed E-state index contributed by atoms with van der Waals surface area (Å²) in [5, 5.41) is 10.9. The molecule has 2 aromatic heterocycles. The minimum atomic E-state index is -4.49. The highest BCUT2D eigenvalue weighted by molar-refractivity contribution is 6.03. The molecule has 0 unspecified atom stereocenters. The summed E-state index contributed by atoms with van der Waals surface area (Å²) in [7, 11) is 0. The number of carbonyl (C=O) groups excluding carboxylic acids is 1. The average molecular weight is 424 g/mol. The minimum absolute atomic E-state index is 0.129. The SMILES string of the molecule is Cc1ccc(-c2cc(C(=O)C[C@H](C)c3ccc(C(F)(F)F)nc3)cc3n[nH]nc23)cc1. The van der Waals surface area contributed by atoms with E-state index in [1.165, 1.54) is 12.3 Å². The lowest BCUT2D eigenvalue weighted by Gasteiger charge is -2.13. The molecule has 5 nitrogen and oxygen atoms in total. The van der Waals surface area contributed by atoms with Gasteiger partial charge in [-0.15, -0.1) is 0 Å². The number of ketones is 1. The van der Waals surface area contributed by atoms with Crippen LogP contribution >= 0.6 is 0 Å². The van der Waals surface area contributed by atoms with E-state index < -0.39 is 11.9 Å². The first-order chi connectivity index (χ1) is 14.7. The van der Waals surface area contributed by atoms with Crippen molar-refractivity contribution in [2.45, 2.75) is 32.4 Å². The molecule has 0 amide bonds. The number of pyridine rings is 1. The highest BCUT2D eigenvalue weighted by Gasteiger charge is 2.32. The zero-order valence-corrected chi connectivity index (χ0v) is 16.9. The maximum atomic E-state index is 13.0. The Balaban J connectivity index is 1.61. The van der Waals surface area contributed by atoms with Crippen LogP contribution in [-0.2, 0) is 6.18 Å². The Morgan fingerprint density at radius 3 is 2.45 bits per heavy atom. The van der Waals surface area contributed by atoms with Gasteiger partial charge in [0.2, 0.25) is 0 Å². The molecule has 1 atom stereocenters. The van der Waals surface area contributed by atoms with E-state index in [9.17, 15) is 18.0 Å². The van der Waals surface area contributed by atoms with Gasteiger partial charge in [0, 0.05) is 23.7 Å². The molecule has 4 aromatic rings. The molecular formula is C23H19F3N4O. The fourth-order valence-corrected chi connectivity index (χ4v) is 3.44. The van der Waals surface area contributed by atoms with Crippen molar-refractivity contribution in [3.8, 4) is 11.1 Å². The third-order valence-electron chi connectivity index (χ3n) is 5.24. The number of aromatic nitrogens is 4. The Morgan fingerprint density at radius 1 is 1.06 bits per heavy atom. The molecule has 158 valence electrons. The molecule has 4 rings (SSSR count). The van der Waals surface area contributed by atoms with Gasteiger partial charge in [0.15, 0.2) is 5.78 Å². The quantitative estimate of drug-likeness (QED) is 0.416. The Labute approximate surface area is 176 Å². The Bertz CT molecular complexity index is 1230. The topological polar surface area (TPSA) is 71.5 Å². The van der Waals surface area contributed by atoms with Crippen LogP contribution in [0.2, 0.25) is 0 Å². The van der Waals surface area contributed by atoms with Crippen LogP contribution in [-0.4, -0.2) is 26.2 Å². The summed E-state index contributed by atoms with van der Waals surface area (Å²) < 4.78 is 38.2. The van der Waals surface area contributed by atoms with Crippen molar-refractivity contribution in [2.75, 3.05) is 0 Å². The summed E-state index contributed by atoms with van der Waals surface area (Å²) in [5.74, 6) is -0.427. The molecule has 0 saturated carbocycles. The number of benzene rings is 2. The van der Waals surface area contributed by atoms with Crippen molar-refractivity contribution in [1.82, 2.24) is 20.4 Å². The molecule has 0 spiro atoms. The van der Waals surface area contributed by atoms with Gasteiger partial charge in [-0.3, -0.25) is 9.78 Å². The molecule has 0 bridgehead atoms. The number of nitrogens with zero attached hydrogens (tertiary/aromatic N) is 3. The number of aromatic amines is 1. The number of nitrogens with one attached hydrogen (secondary N) is 1. The summed E-state index contributed by atoms with van der Waals surface area (Å²) in [6.45, 7) is 3.78. The molecule has 8 heteroatoms. The zero-order chi connectivity index (χ0) is 22.2. The van der Waals surface area contributed by atoms with Crippen molar-refractivity contribution < 1.29 is 18.0 Å². The summed E-state index contributed by atoms with van der Waals surface area (Å²) >= 11 is 0. The number of hydrogen-bond donors (Lipinski definition) is 1.